The number of methoxy groups -OCH3 is 2. The van der Waals surface area contributed by atoms with Crippen LogP contribution in [0.5, 0.6) is 11.5 Å². The molecule has 0 aromatic heterocycles. The maximum absolute atomic E-state index is 12.8. The second-order valence-electron chi connectivity index (χ2n) is 6.36. The molecule has 3 unspecified atom stereocenters. The average molecular weight is 380 g/mol. The van der Waals surface area contributed by atoms with Gasteiger partial charge in [0.05, 0.1) is 26.4 Å². The van der Waals surface area contributed by atoms with E-state index in [1.165, 1.54) is 0 Å². The highest BCUT2D eigenvalue weighted by molar-refractivity contribution is 7.80. The number of fused-ring (bicyclic) bond motifs is 4. The molecule has 0 radical (unpaired) electrons. The molecular formula is C18H24N2O5S. The van der Waals surface area contributed by atoms with Gasteiger partial charge in [-0.3, -0.25) is 4.79 Å². The summed E-state index contributed by atoms with van der Waals surface area (Å²) in [5.41, 5.74) is -0.145. The Labute approximate surface area is 158 Å². The van der Waals surface area contributed by atoms with Crippen LogP contribution < -0.4 is 14.8 Å². The maximum atomic E-state index is 12.8. The van der Waals surface area contributed by atoms with Crippen molar-refractivity contribution in [3.05, 3.63) is 23.8 Å². The smallest absolute Gasteiger partial charge is 0.317 e. The number of nitrogens with zero attached hydrogens (tertiary/aromatic N) is 1. The lowest BCUT2D eigenvalue weighted by atomic mass is 9.79. The normalized spacial score (nSPS) is 26.5. The van der Waals surface area contributed by atoms with Gasteiger partial charge in [-0.15, -0.1) is 0 Å². The Bertz CT molecular complexity index is 713. The molecule has 26 heavy (non-hydrogen) atoms. The number of carbonyl (C=O) groups is 1. The third-order valence-electron chi connectivity index (χ3n) is 4.90. The summed E-state index contributed by atoms with van der Waals surface area (Å²) in [6, 6.07) is 5.20. The van der Waals surface area contributed by atoms with Crippen LogP contribution in [0.3, 0.4) is 0 Å². The van der Waals surface area contributed by atoms with Gasteiger partial charge in [-0.2, -0.15) is 0 Å². The third-order valence-corrected chi connectivity index (χ3v) is 5.24. The fourth-order valence-electron chi connectivity index (χ4n) is 3.65. The van der Waals surface area contributed by atoms with Gasteiger partial charge >= 0.3 is 5.97 Å². The van der Waals surface area contributed by atoms with Crippen LogP contribution in [0.15, 0.2) is 18.2 Å². The summed E-state index contributed by atoms with van der Waals surface area (Å²) in [5, 5.41) is 3.81. The Morgan fingerprint density at radius 1 is 1.42 bits per heavy atom. The predicted octanol–water partition coefficient (Wildman–Crippen LogP) is 1.86. The number of carbonyl (C=O) groups excluding carboxylic acids is 1. The molecule has 1 fully saturated rings. The number of hydrogen-bond acceptors (Lipinski definition) is 6. The number of ether oxygens (including phenoxy) is 4. The summed E-state index contributed by atoms with van der Waals surface area (Å²) >= 11 is 5.56. The molecule has 142 valence electrons. The van der Waals surface area contributed by atoms with Crippen molar-refractivity contribution in [3.63, 3.8) is 0 Å². The van der Waals surface area contributed by atoms with Gasteiger partial charge in [0.1, 0.15) is 17.4 Å². The van der Waals surface area contributed by atoms with Crippen molar-refractivity contribution in [2.45, 2.75) is 25.6 Å². The van der Waals surface area contributed by atoms with Crippen LogP contribution in [0.25, 0.3) is 0 Å². The molecular weight excluding hydrogens is 356 g/mol. The lowest BCUT2D eigenvalue weighted by Crippen LogP contribution is -2.71. The lowest BCUT2D eigenvalue weighted by molar-refractivity contribution is -0.176. The van der Waals surface area contributed by atoms with Gasteiger partial charge in [-0.25, -0.2) is 0 Å². The molecule has 1 aromatic carbocycles. The topological polar surface area (TPSA) is 69.3 Å². The Morgan fingerprint density at radius 2 is 2.19 bits per heavy atom. The zero-order valence-corrected chi connectivity index (χ0v) is 16.2. The molecule has 3 rings (SSSR count). The number of nitrogens with one attached hydrogen (secondary N) is 1. The SMILES string of the molecule is CCOC(=O)C1C2NC(=S)N(CCOC)C1(C)Oc1ccc(OC)cc12. The highest BCUT2D eigenvalue weighted by atomic mass is 32.1. The number of thiocarbonyl (C=S) groups is 1. The van der Waals surface area contributed by atoms with E-state index in [9.17, 15) is 4.79 Å². The minimum absolute atomic E-state index is 0.297. The van der Waals surface area contributed by atoms with Crippen molar-refractivity contribution in [1.29, 1.82) is 0 Å². The molecule has 1 saturated heterocycles. The first-order valence-electron chi connectivity index (χ1n) is 8.57. The van der Waals surface area contributed by atoms with E-state index in [-0.39, 0.29) is 12.0 Å². The van der Waals surface area contributed by atoms with Gasteiger partial charge < -0.3 is 29.2 Å². The van der Waals surface area contributed by atoms with Crippen molar-refractivity contribution < 1.29 is 23.7 Å². The molecule has 2 aliphatic heterocycles. The molecule has 0 amide bonds. The number of rotatable bonds is 6. The van der Waals surface area contributed by atoms with Crippen LogP contribution in [0.4, 0.5) is 0 Å². The quantitative estimate of drug-likeness (QED) is 0.592. The van der Waals surface area contributed by atoms with Crippen LogP contribution in [0.1, 0.15) is 25.5 Å². The van der Waals surface area contributed by atoms with Crippen molar-refractivity contribution in [2.24, 2.45) is 5.92 Å². The Kier molecular flexibility index (Phi) is 5.24. The lowest BCUT2D eigenvalue weighted by Gasteiger charge is -2.55. The summed E-state index contributed by atoms with van der Waals surface area (Å²) in [5.74, 6) is 0.459. The Morgan fingerprint density at radius 3 is 2.85 bits per heavy atom. The molecule has 1 N–H and O–H groups in total. The first-order valence-corrected chi connectivity index (χ1v) is 8.97. The van der Waals surface area contributed by atoms with Crippen LogP contribution in [-0.2, 0) is 14.3 Å². The summed E-state index contributed by atoms with van der Waals surface area (Å²) in [6.07, 6.45) is 0. The van der Waals surface area contributed by atoms with Gasteiger partial charge in [-0.05, 0) is 44.3 Å². The highest BCUT2D eigenvalue weighted by Crippen LogP contribution is 2.49. The summed E-state index contributed by atoms with van der Waals surface area (Å²) in [4.78, 5) is 14.7. The van der Waals surface area contributed by atoms with Crippen LogP contribution in [0, 0.1) is 5.92 Å². The van der Waals surface area contributed by atoms with E-state index in [4.69, 9.17) is 31.2 Å². The third kappa shape index (κ3) is 2.97. The molecule has 2 aliphatic rings. The number of benzene rings is 1. The van der Waals surface area contributed by atoms with Gasteiger partial charge in [-0.1, -0.05) is 0 Å². The highest BCUT2D eigenvalue weighted by Gasteiger charge is 2.59. The molecule has 3 atom stereocenters. The maximum Gasteiger partial charge on any atom is 0.317 e. The molecule has 2 heterocycles. The van der Waals surface area contributed by atoms with Gasteiger partial charge in [0, 0.05) is 19.2 Å². The molecule has 8 heteroatoms. The van der Waals surface area contributed by atoms with Crippen molar-refractivity contribution in [1.82, 2.24) is 10.2 Å². The van der Waals surface area contributed by atoms with Crippen molar-refractivity contribution in [3.8, 4) is 11.5 Å². The Balaban J connectivity index is 2.09. The summed E-state index contributed by atoms with van der Waals surface area (Å²) in [7, 11) is 3.22. The fraction of sp³-hybridized carbons (Fsp3) is 0.556. The first kappa shape index (κ1) is 18.7. The minimum atomic E-state index is -0.973. The van der Waals surface area contributed by atoms with Gasteiger partial charge in [0.15, 0.2) is 10.8 Å². The standard InChI is InChI=1S/C18H24N2O5S/c1-5-24-16(21)14-15-12-10-11(23-4)6-7-13(12)25-18(14,2)20(8-9-22-3)17(26)19-15/h6-7,10,14-15H,5,8-9H2,1-4H3,(H,19,26). The van der Waals surface area contributed by atoms with Crippen molar-refractivity contribution in [2.75, 3.05) is 34.0 Å². The second-order valence-corrected chi connectivity index (χ2v) is 6.75. The number of esters is 1. The summed E-state index contributed by atoms with van der Waals surface area (Å²) < 4.78 is 22.2. The summed E-state index contributed by atoms with van der Waals surface area (Å²) in [6.45, 7) is 4.91. The zero-order valence-electron chi connectivity index (χ0n) is 15.4. The number of hydrogen-bond donors (Lipinski definition) is 1. The van der Waals surface area contributed by atoms with E-state index in [0.717, 1.165) is 5.56 Å². The van der Waals surface area contributed by atoms with E-state index >= 15 is 0 Å². The van der Waals surface area contributed by atoms with E-state index in [1.54, 1.807) is 21.1 Å². The molecule has 2 bridgehead atoms. The first-order chi connectivity index (χ1) is 12.5. The second kappa shape index (κ2) is 7.28. The molecule has 0 aliphatic carbocycles. The monoisotopic (exact) mass is 380 g/mol. The average Bonchev–Trinajstić information content (AvgIpc) is 2.61. The van der Waals surface area contributed by atoms with Gasteiger partial charge in [0.2, 0.25) is 0 Å². The van der Waals surface area contributed by atoms with E-state index in [1.807, 2.05) is 30.0 Å². The van der Waals surface area contributed by atoms with Gasteiger partial charge in [0.25, 0.3) is 0 Å². The Hall–Kier alpha value is -2.06. The van der Waals surface area contributed by atoms with E-state index in [0.29, 0.717) is 36.4 Å². The molecule has 1 aromatic rings. The molecule has 0 saturated carbocycles. The molecule has 7 nitrogen and oxygen atoms in total. The van der Waals surface area contributed by atoms with E-state index in [2.05, 4.69) is 5.32 Å². The van der Waals surface area contributed by atoms with Crippen molar-refractivity contribution >= 4 is 23.3 Å². The molecule has 0 spiro atoms. The largest absolute Gasteiger partial charge is 0.497 e. The van der Waals surface area contributed by atoms with E-state index < -0.39 is 11.6 Å². The predicted molar refractivity (Wildman–Crippen MR) is 99.2 cm³/mol. The minimum Gasteiger partial charge on any atom is -0.497 e. The van der Waals surface area contributed by atoms with Crippen LogP contribution in [-0.4, -0.2) is 55.7 Å². The van der Waals surface area contributed by atoms with Crippen LogP contribution in [0.2, 0.25) is 0 Å². The fourth-order valence-corrected chi connectivity index (χ4v) is 4.05. The van der Waals surface area contributed by atoms with Crippen LogP contribution >= 0.6 is 12.2 Å². The zero-order chi connectivity index (χ0) is 18.9.